The molecule has 0 atom stereocenters. The second kappa shape index (κ2) is 4.00. The third-order valence-corrected chi connectivity index (χ3v) is 1.25. The monoisotopic (exact) mass is 165 g/mol. The summed E-state index contributed by atoms with van der Waals surface area (Å²) in [4.78, 5) is 1.52. The molecule has 0 aromatic rings. The quantitative estimate of drug-likeness (QED) is 0.617. The summed E-state index contributed by atoms with van der Waals surface area (Å²) in [6.07, 6.45) is -0.0226. The maximum Gasteiger partial charge on any atom is 0.260 e. The highest BCUT2D eigenvalue weighted by Crippen LogP contribution is 2.23. The van der Waals surface area contributed by atoms with Crippen molar-refractivity contribution in [3.05, 3.63) is 0 Å². The first kappa shape index (κ1) is 10.8. The van der Waals surface area contributed by atoms with Crippen molar-refractivity contribution in [2.75, 3.05) is 20.6 Å². The third kappa shape index (κ3) is 6.23. The molecule has 0 aromatic heterocycles. The lowest BCUT2D eigenvalue weighted by molar-refractivity contribution is -0.0387. The van der Waals surface area contributed by atoms with Gasteiger partial charge in [-0.25, -0.2) is 8.78 Å². The number of hydrogen-bond donors (Lipinski definition) is 0. The van der Waals surface area contributed by atoms with Crippen molar-refractivity contribution >= 4 is 0 Å². The van der Waals surface area contributed by atoms with Crippen molar-refractivity contribution in [3.63, 3.8) is 0 Å². The van der Waals surface area contributed by atoms with Gasteiger partial charge in [0, 0.05) is 6.42 Å². The van der Waals surface area contributed by atoms with Gasteiger partial charge < -0.3 is 4.90 Å². The van der Waals surface area contributed by atoms with Crippen LogP contribution in [0.3, 0.4) is 0 Å². The summed E-state index contributed by atoms with van der Waals surface area (Å²) in [6.45, 7) is 3.47. The highest BCUT2D eigenvalue weighted by molar-refractivity contribution is 4.70. The van der Waals surface area contributed by atoms with Crippen molar-refractivity contribution < 1.29 is 8.78 Å². The van der Waals surface area contributed by atoms with Gasteiger partial charge in [-0.3, -0.25) is 0 Å². The van der Waals surface area contributed by atoms with Gasteiger partial charge in [-0.1, -0.05) is 13.8 Å². The van der Waals surface area contributed by atoms with E-state index in [0.29, 0.717) is 0 Å². The van der Waals surface area contributed by atoms with Crippen LogP contribution in [0.2, 0.25) is 0 Å². The summed E-state index contributed by atoms with van der Waals surface area (Å²) in [5.41, 5.74) is 0. The summed E-state index contributed by atoms with van der Waals surface area (Å²) in [5.74, 6) is -2.47. The zero-order chi connectivity index (χ0) is 9.07. The fraction of sp³-hybridized carbons (Fsp3) is 1.00. The zero-order valence-electron chi connectivity index (χ0n) is 7.69. The molecule has 68 valence electrons. The Labute approximate surface area is 67.4 Å². The topological polar surface area (TPSA) is 3.24 Å². The number of rotatable bonds is 4. The normalized spacial score (nSPS) is 13.1. The molecule has 11 heavy (non-hydrogen) atoms. The molecule has 0 radical (unpaired) electrons. The molecule has 3 heteroatoms. The Morgan fingerprint density at radius 3 is 2.00 bits per heavy atom. The average molecular weight is 165 g/mol. The van der Waals surface area contributed by atoms with Crippen molar-refractivity contribution in [1.29, 1.82) is 0 Å². The van der Waals surface area contributed by atoms with Crippen LogP contribution >= 0.6 is 0 Å². The Morgan fingerprint density at radius 1 is 1.27 bits per heavy atom. The minimum atomic E-state index is -2.53. The molecule has 0 rings (SSSR count). The van der Waals surface area contributed by atoms with Crippen molar-refractivity contribution in [2.24, 2.45) is 5.92 Å². The van der Waals surface area contributed by atoms with Crippen molar-refractivity contribution in [3.8, 4) is 0 Å². The molecule has 0 N–H and O–H groups in total. The Hall–Kier alpha value is -0.180. The molecule has 0 unspecified atom stereocenters. The minimum Gasteiger partial charge on any atom is -0.304 e. The largest absolute Gasteiger partial charge is 0.304 e. The molecule has 0 bridgehead atoms. The molecule has 0 amide bonds. The van der Waals surface area contributed by atoms with E-state index in [9.17, 15) is 8.78 Å². The number of halogens is 2. The second-order valence-electron chi connectivity index (χ2n) is 3.69. The molecule has 0 fully saturated rings. The maximum absolute atomic E-state index is 12.9. The zero-order valence-corrected chi connectivity index (χ0v) is 7.69. The highest BCUT2D eigenvalue weighted by Gasteiger charge is 2.30. The molecule has 0 aliphatic heterocycles. The molecule has 1 nitrogen and oxygen atoms in total. The molecule has 0 aliphatic carbocycles. The Kier molecular flexibility index (Phi) is 3.93. The third-order valence-electron chi connectivity index (χ3n) is 1.25. The van der Waals surface area contributed by atoms with E-state index >= 15 is 0 Å². The lowest BCUT2D eigenvalue weighted by atomic mass is 10.1. The number of hydrogen-bond acceptors (Lipinski definition) is 1. The second-order valence-corrected chi connectivity index (χ2v) is 3.69. The van der Waals surface area contributed by atoms with Gasteiger partial charge in [-0.2, -0.15) is 0 Å². The van der Waals surface area contributed by atoms with Crippen LogP contribution in [0.5, 0.6) is 0 Å². The summed E-state index contributed by atoms with van der Waals surface area (Å²) >= 11 is 0. The first-order valence-electron chi connectivity index (χ1n) is 3.86. The molecular weight excluding hydrogens is 148 g/mol. The van der Waals surface area contributed by atoms with Gasteiger partial charge in [-0.05, 0) is 20.0 Å². The van der Waals surface area contributed by atoms with Crippen LogP contribution in [0.25, 0.3) is 0 Å². The van der Waals surface area contributed by atoms with Crippen LogP contribution in [-0.2, 0) is 0 Å². The predicted molar refractivity (Wildman–Crippen MR) is 43.0 cm³/mol. The number of nitrogens with zero attached hydrogens (tertiary/aromatic N) is 1. The van der Waals surface area contributed by atoms with Crippen LogP contribution < -0.4 is 0 Å². The van der Waals surface area contributed by atoms with Gasteiger partial charge in [0.05, 0.1) is 6.54 Å². The first-order valence-corrected chi connectivity index (χ1v) is 3.86. The lowest BCUT2D eigenvalue weighted by Gasteiger charge is -2.21. The molecule has 0 saturated carbocycles. The molecule has 0 spiro atoms. The van der Waals surface area contributed by atoms with E-state index < -0.39 is 5.92 Å². The fourth-order valence-electron chi connectivity index (χ4n) is 1.12. The Bertz CT molecular complexity index is 98.7. The summed E-state index contributed by atoms with van der Waals surface area (Å²) in [6, 6.07) is 0. The minimum absolute atomic E-state index is 0.0226. The van der Waals surface area contributed by atoms with E-state index in [4.69, 9.17) is 0 Å². The van der Waals surface area contributed by atoms with Gasteiger partial charge in [-0.15, -0.1) is 0 Å². The fourth-order valence-corrected chi connectivity index (χ4v) is 1.12. The van der Waals surface area contributed by atoms with Gasteiger partial charge >= 0.3 is 0 Å². The lowest BCUT2D eigenvalue weighted by Crippen LogP contribution is -2.33. The average Bonchev–Trinajstić information content (AvgIpc) is 1.53. The van der Waals surface area contributed by atoms with Gasteiger partial charge in [0.15, 0.2) is 0 Å². The number of alkyl halides is 2. The molecule has 0 aliphatic rings. The molecular formula is C8H17F2N. The smallest absolute Gasteiger partial charge is 0.260 e. The summed E-state index contributed by atoms with van der Waals surface area (Å²) in [5, 5.41) is 0. The van der Waals surface area contributed by atoms with E-state index in [1.165, 1.54) is 4.90 Å². The van der Waals surface area contributed by atoms with E-state index in [1.54, 1.807) is 14.1 Å². The van der Waals surface area contributed by atoms with Gasteiger partial charge in [0.1, 0.15) is 0 Å². The van der Waals surface area contributed by atoms with Crippen LogP contribution in [0.4, 0.5) is 8.78 Å². The summed E-state index contributed by atoms with van der Waals surface area (Å²) < 4.78 is 25.8. The van der Waals surface area contributed by atoms with E-state index in [-0.39, 0.29) is 18.9 Å². The first-order chi connectivity index (χ1) is 4.83. The van der Waals surface area contributed by atoms with Crippen LogP contribution in [0, 0.1) is 5.92 Å². The molecule has 0 aromatic carbocycles. The van der Waals surface area contributed by atoms with Crippen LogP contribution in [0.15, 0.2) is 0 Å². The highest BCUT2D eigenvalue weighted by atomic mass is 19.3. The van der Waals surface area contributed by atoms with E-state index in [0.717, 1.165) is 0 Å². The van der Waals surface area contributed by atoms with Crippen LogP contribution in [0.1, 0.15) is 20.3 Å². The standard InChI is InChI=1S/C8H17F2N/c1-7(2)5-8(9,10)6-11(3)4/h7H,5-6H2,1-4H3. The van der Waals surface area contributed by atoms with Crippen molar-refractivity contribution in [2.45, 2.75) is 26.2 Å². The Balaban J connectivity index is 3.79. The van der Waals surface area contributed by atoms with Gasteiger partial charge in [0.2, 0.25) is 0 Å². The van der Waals surface area contributed by atoms with Gasteiger partial charge in [0.25, 0.3) is 5.92 Å². The molecule has 0 heterocycles. The van der Waals surface area contributed by atoms with E-state index in [1.807, 2.05) is 13.8 Å². The summed E-state index contributed by atoms with van der Waals surface area (Å²) in [7, 11) is 3.32. The maximum atomic E-state index is 12.9. The molecule has 0 saturated heterocycles. The van der Waals surface area contributed by atoms with Crippen molar-refractivity contribution in [1.82, 2.24) is 4.90 Å². The Morgan fingerprint density at radius 2 is 1.73 bits per heavy atom. The SMILES string of the molecule is CC(C)CC(F)(F)CN(C)C. The van der Waals surface area contributed by atoms with E-state index in [2.05, 4.69) is 0 Å². The van der Waals surface area contributed by atoms with Crippen LogP contribution in [-0.4, -0.2) is 31.5 Å². The predicted octanol–water partition coefficient (Wildman–Crippen LogP) is 2.23.